The Balaban J connectivity index is 2.60. The van der Waals surface area contributed by atoms with Gasteiger partial charge in [-0.1, -0.05) is 12.7 Å². The van der Waals surface area contributed by atoms with Crippen molar-refractivity contribution in [3.63, 3.8) is 0 Å². The second kappa shape index (κ2) is 8.87. The van der Waals surface area contributed by atoms with Crippen LogP contribution in [0.15, 0.2) is 36.0 Å². The Labute approximate surface area is 132 Å². The molecule has 0 fully saturated rings. The molecule has 1 rings (SSSR count). The molecule has 102 valence electrons. The predicted octanol–water partition coefficient (Wildman–Crippen LogP) is 2.67. The van der Waals surface area contributed by atoms with Crippen LogP contribution in [0.3, 0.4) is 0 Å². The van der Waals surface area contributed by atoms with E-state index < -0.39 is 0 Å². The highest BCUT2D eigenvalue weighted by Crippen LogP contribution is 2.21. The summed E-state index contributed by atoms with van der Waals surface area (Å²) in [6.45, 7) is 6.87. The van der Waals surface area contributed by atoms with Crippen molar-refractivity contribution in [1.82, 2.24) is 10.7 Å². The van der Waals surface area contributed by atoms with Crippen LogP contribution in [0.5, 0.6) is 5.75 Å². The Morgan fingerprint density at radius 3 is 3.00 bits per heavy atom. The van der Waals surface area contributed by atoms with Crippen LogP contribution in [-0.2, 0) is 0 Å². The minimum atomic E-state index is 0.502. The lowest BCUT2D eigenvalue weighted by Gasteiger charge is -2.06. The molecule has 6 heteroatoms. The van der Waals surface area contributed by atoms with E-state index in [2.05, 4.69) is 45.0 Å². The first-order chi connectivity index (χ1) is 9.17. The molecular formula is C13H16IN3OS. The van der Waals surface area contributed by atoms with Crippen LogP contribution in [0.4, 0.5) is 0 Å². The highest BCUT2D eigenvalue weighted by atomic mass is 127. The molecule has 0 radical (unpaired) electrons. The standard InChI is InChI=1S/C13H16IN3OS/c1-3-7-18-12-6-5-10(8-11(12)14)9-16-17-13(19)15-4-2/h3,5-6,8-9H,1,4,7H2,2H3,(H2,15,17,19)/b16-9-. The lowest BCUT2D eigenvalue weighted by molar-refractivity contribution is 0.360. The van der Waals surface area contributed by atoms with E-state index in [1.54, 1.807) is 12.3 Å². The smallest absolute Gasteiger partial charge is 0.186 e. The number of hydrogen-bond acceptors (Lipinski definition) is 3. The fourth-order valence-electron chi connectivity index (χ4n) is 1.23. The second-order valence-corrected chi connectivity index (χ2v) is 5.09. The molecule has 0 aliphatic carbocycles. The largest absolute Gasteiger partial charge is 0.488 e. The van der Waals surface area contributed by atoms with Gasteiger partial charge >= 0.3 is 0 Å². The maximum Gasteiger partial charge on any atom is 0.186 e. The summed E-state index contributed by atoms with van der Waals surface area (Å²) in [7, 11) is 0. The second-order valence-electron chi connectivity index (χ2n) is 3.52. The normalized spacial score (nSPS) is 10.2. The van der Waals surface area contributed by atoms with Gasteiger partial charge in [-0.05, 0) is 65.5 Å². The third kappa shape index (κ3) is 6.02. The van der Waals surface area contributed by atoms with E-state index in [-0.39, 0.29) is 0 Å². The van der Waals surface area contributed by atoms with E-state index in [0.717, 1.165) is 21.4 Å². The minimum absolute atomic E-state index is 0.502. The fourth-order valence-corrected chi connectivity index (χ4v) is 2.12. The number of nitrogens with zero attached hydrogens (tertiary/aromatic N) is 1. The van der Waals surface area contributed by atoms with Gasteiger partial charge in [-0.15, -0.1) is 0 Å². The summed E-state index contributed by atoms with van der Waals surface area (Å²) in [6.07, 6.45) is 3.43. The van der Waals surface area contributed by atoms with E-state index in [4.69, 9.17) is 17.0 Å². The van der Waals surface area contributed by atoms with Crippen molar-refractivity contribution < 1.29 is 4.74 Å². The molecule has 4 nitrogen and oxygen atoms in total. The summed E-state index contributed by atoms with van der Waals surface area (Å²) in [5.74, 6) is 0.841. The average Bonchev–Trinajstić information content (AvgIpc) is 2.38. The van der Waals surface area contributed by atoms with Crippen molar-refractivity contribution in [2.75, 3.05) is 13.2 Å². The highest BCUT2D eigenvalue weighted by Gasteiger charge is 2.00. The van der Waals surface area contributed by atoms with E-state index in [1.807, 2.05) is 25.1 Å². The van der Waals surface area contributed by atoms with Crippen molar-refractivity contribution in [1.29, 1.82) is 0 Å². The van der Waals surface area contributed by atoms with Crippen molar-refractivity contribution in [2.24, 2.45) is 5.10 Å². The molecule has 0 aliphatic heterocycles. The van der Waals surface area contributed by atoms with Crippen molar-refractivity contribution in [2.45, 2.75) is 6.92 Å². The summed E-state index contributed by atoms with van der Waals surface area (Å²) < 4.78 is 6.52. The van der Waals surface area contributed by atoms with Crippen LogP contribution in [0.2, 0.25) is 0 Å². The lowest BCUT2D eigenvalue weighted by atomic mass is 10.2. The summed E-state index contributed by atoms with van der Waals surface area (Å²) in [5.41, 5.74) is 3.72. The number of halogens is 1. The Morgan fingerprint density at radius 1 is 1.58 bits per heavy atom. The average molecular weight is 389 g/mol. The number of nitrogens with one attached hydrogen (secondary N) is 2. The molecule has 0 aromatic heterocycles. The van der Waals surface area contributed by atoms with Gasteiger partial charge in [0.15, 0.2) is 5.11 Å². The van der Waals surface area contributed by atoms with E-state index >= 15 is 0 Å². The molecule has 19 heavy (non-hydrogen) atoms. The SMILES string of the molecule is C=CCOc1ccc(/C=N\NC(=S)NCC)cc1I. The third-order valence-corrected chi connectivity index (χ3v) is 3.11. The third-order valence-electron chi connectivity index (χ3n) is 2.03. The molecule has 0 saturated heterocycles. The van der Waals surface area contributed by atoms with E-state index in [0.29, 0.717) is 11.7 Å². The molecule has 0 spiro atoms. The monoisotopic (exact) mass is 389 g/mol. The maximum absolute atomic E-state index is 5.50. The van der Waals surface area contributed by atoms with Gasteiger partial charge in [-0.25, -0.2) is 0 Å². The Bertz CT molecular complexity index is 477. The lowest BCUT2D eigenvalue weighted by Crippen LogP contribution is -2.31. The molecule has 0 heterocycles. The van der Waals surface area contributed by atoms with Crippen molar-refractivity contribution >= 4 is 46.1 Å². The van der Waals surface area contributed by atoms with Gasteiger partial charge < -0.3 is 10.1 Å². The molecule has 0 unspecified atom stereocenters. The number of hydrogen-bond donors (Lipinski definition) is 2. The van der Waals surface area contributed by atoms with Gasteiger partial charge in [0.2, 0.25) is 0 Å². The highest BCUT2D eigenvalue weighted by molar-refractivity contribution is 14.1. The molecule has 1 aromatic carbocycles. The first kappa shape index (κ1) is 15.9. The number of benzene rings is 1. The first-order valence-corrected chi connectivity index (χ1v) is 7.26. The van der Waals surface area contributed by atoms with Gasteiger partial charge in [-0.2, -0.15) is 5.10 Å². The van der Waals surface area contributed by atoms with Gasteiger partial charge in [0, 0.05) is 6.54 Å². The number of thiocarbonyl (C=S) groups is 1. The summed E-state index contributed by atoms with van der Waals surface area (Å²) >= 11 is 7.22. The molecular weight excluding hydrogens is 373 g/mol. The zero-order chi connectivity index (χ0) is 14.1. The van der Waals surface area contributed by atoms with Crippen LogP contribution < -0.4 is 15.5 Å². The van der Waals surface area contributed by atoms with Crippen LogP contribution in [0.25, 0.3) is 0 Å². The maximum atomic E-state index is 5.50. The number of ether oxygens (including phenoxy) is 1. The predicted molar refractivity (Wildman–Crippen MR) is 91.9 cm³/mol. The van der Waals surface area contributed by atoms with E-state index in [9.17, 15) is 0 Å². The van der Waals surface area contributed by atoms with E-state index in [1.165, 1.54) is 0 Å². The summed E-state index contributed by atoms with van der Waals surface area (Å²) in [6, 6.07) is 5.83. The van der Waals surface area contributed by atoms with Crippen molar-refractivity contribution in [3.05, 3.63) is 40.0 Å². The topological polar surface area (TPSA) is 45.6 Å². The molecule has 0 aliphatic rings. The zero-order valence-corrected chi connectivity index (χ0v) is 13.6. The molecule has 2 N–H and O–H groups in total. The first-order valence-electron chi connectivity index (χ1n) is 5.77. The van der Waals surface area contributed by atoms with Gasteiger partial charge in [-0.3, -0.25) is 5.43 Å². The van der Waals surface area contributed by atoms with Crippen LogP contribution in [0, 0.1) is 3.57 Å². The molecule has 0 bridgehead atoms. The number of hydrazone groups is 1. The summed E-state index contributed by atoms with van der Waals surface area (Å²) in [4.78, 5) is 0. The van der Waals surface area contributed by atoms with Crippen LogP contribution >= 0.6 is 34.8 Å². The Morgan fingerprint density at radius 2 is 2.37 bits per heavy atom. The zero-order valence-electron chi connectivity index (χ0n) is 10.6. The van der Waals surface area contributed by atoms with Gasteiger partial charge in [0.25, 0.3) is 0 Å². The quantitative estimate of drug-likeness (QED) is 0.258. The molecule has 0 amide bonds. The molecule has 0 saturated carbocycles. The van der Waals surface area contributed by atoms with Gasteiger partial charge in [0.05, 0.1) is 9.78 Å². The fraction of sp³-hybridized carbons (Fsp3) is 0.231. The summed E-state index contributed by atoms with van der Waals surface area (Å²) in [5, 5.41) is 7.52. The Hall–Kier alpha value is -1.15. The minimum Gasteiger partial charge on any atom is -0.488 e. The van der Waals surface area contributed by atoms with Gasteiger partial charge in [0.1, 0.15) is 12.4 Å². The molecule has 1 aromatic rings. The van der Waals surface area contributed by atoms with Crippen LogP contribution in [0.1, 0.15) is 12.5 Å². The molecule has 0 atom stereocenters. The number of rotatable bonds is 6. The Kier molecular flexibility index (Phi) is 7.42. The van der Waals surface area contributed by atoms with Crippen molar-refractivity contribution in [3.8, 4) is 5.75 Å². The van der Waals surface area contributed by atoms with Crippen LogP contribution in [-0.4, -0.2) is 24.5 Å².